The second-order valence-electron chi connectivity index (χ2n) is 7.47. The van der Waals surface area contributed by atoms with E-state index in [2.05, 4.69) is 25.5 Å². The Labute approximate surface area is 151 Å². The van der Waals surface area contributed by atoms with Crippen molar-refractivity contribution in [3.63, 3.8) is 0 Å². The minimum atomic E-state index is -0.464. The van der Waals surface area contributed by atoms with Crippen LogP contribution in [0.15, 0.2) is 29.0 Å². The maximum absolute atomic E-state index is 12.3. The summed E-state index contributed by atoms with van der Waals surface area (Å²) in [5.41, 5.74) is 1.66. The Morgan fingerprint density at radius 3 is 2.83 bits per heavy atom. The van der Waals surface area contributed by atoms with E-state index in [0.717, 1.165) is 34.8 Å². The number of benzene rings is 1. The predicted octanol–water partition coefficient (Wildman–Crippen LogP) is 4.76. The van der Waals surface area contributed by atoms with E-state index in [4.69, 9.17) is 4.74 Å². The van der Waals surface area contributed by atoms with Gasteiger partial charge in [0.05, 0.1) is 17.4 Å². The molecule has 1 heterocycles. The van der Waals surface area contributed by atoms with Gasteiger partial charge in [0.1, 0.15) is 5.60 Å². The van der Waals surface area contributed by atoms with Crippen molar-refractivity contribution in [1.82, 2.24) is 14.5 Å². The molecule has 1 aliphatic rings. The molecule has 24 heavy (non-hydrogen) atoms. The van der Waals surface area contributed by atoms with Crippen LogP contribution in [0.5, 0.6) is 0 Å². The number of para-hydroxylation sites is 1. The first-order valence-electron chi connectivity index (χ1n) is 8.33. The zero-order valence-electron chi connectivity index (χ0n) is 14.6. The quantitative estimate of drug-likeness (QED) is 0.738. The van der Waals surface area contributed by atoms with E-state index in [1.165, 1.54) is 0 Å². The van der Waals surface area contributed by atoms with Gasteiger partial charge in [-0.3, -0.25) is 0 Å². The maximum atomic E-state index is 12.3. The van der Waals surface area contributed by atoms with Crippen LogP contribution in [0.3, 0.4) is 0 Å². The highest BCUT2D eigenvalue weighted by Crippen LogP contribution is 2.36. The fourth-order valence-electron chi connectivity index (χ4n) is 3.34. The highest BCUT2D eigenvalue weighted by atomic mass is 79.9. The second kappa shape index (κ2) is 6.39. The lowest BCUT2D eigenvalue weighted by molar-refractivity contribution is 0.0224. The summed E-state index contributed by atoms with van der Waals surface area (Å²) in [6.45, 7) is 5.68. The fraction of sp³-hybridized carbons (Fsp3) is 0.556. The van der Waals surface area contributed by atoms with E-state index in [-0.39, 0.29) is 12.1 Å². The monoisotopic (exact) mass is 393 g/mol. The van der Waals surface area contributed by atoms with Crippen molar-refractivity contribution >= 4 is 33.1 Å². The van der Waals surface area contributed by atoms with Crippen LogP contribution in [0.4, 0.5) is 4.79 Å². The molecule has 1 aromatic carbocycles. The van der Waals surface area contributed by atoms with Gasteiger partial charge in [-0.2, -0.15) is 0 Å². The van der Waals surface area contributed by atoms with Crippen molar-refractivity contribution in [2.45, 2.75) is 57.7 Å². The standard InChI is InChI=1S/C18H24BrN3O2/c1-18(2,3)24-17(23)21(4)12-8-9-13(10-12)22-11-20-15-7-5-6-14(19)16(15)22/h5-7,11-13H,8-10H2,1-4H3/t12-,13-/m0/s1. The number of carbonyl (C=O) groups is 1. The average Bonchev–Trinajstić information content (AvgIpc) is 3.11. The number of amides is 1. The number of hydrogen-bond acceptors (Lipinski definition) is 3. The molecular weight excluding hydrogens is 370 g/mol. The van der Waals surface area contributed by atoms with Crippen LogP contribution in [0.1, 0.15) is 46.1 Å². The Bertz CT molecular complexity index is 750. The molecular formula is C18H24BrN3O2. The molecule has 0 saturated heterocycles. The molecule has 0 unspecified atom stereocenters. The molecule has 1 aliphatic carbocycles. The second-order valence-corrected chi connectivity index (χ2v) is 8.33. The topological polar surface area (TPSA) is 47.4 Å². The summed E-state index contributed by atoms with van der Waals surface area (Å²) >= 11 is 3.63. The number of carbonyl (C=O) groups excluding carboxylic acids is 1. The van der Waals surface area contributed by atoms with Crippen molar-refractivity contribution in [3.8, 4) is 0 Å². The van der Waals surface area contributed by atoms with Gasteiger partial charge in [-0.1, -0.05) is 6.07 Å². The van der Waals surface area contributed by atoms with Crippen LogP contribution in [-0.4, -0.2) is 39.2 Å². The molecule has 1 saturated carbocycles. The zero-order chi connectivity index (χ0) is 17.5. The molecule has 0 aliphatic heterocycles. The third-order valence-electron chi connectivity index (χ3n) is 4.54. The van der Waals surface area contributed by atoms with Crippen LogP contribution >= 0.6 is 15.9 Å². The van der Waals surface area contributed by atoms with Gasteiger partial charge < -0.3 is 14.2 Å². The first kappa shape index (κ1) is 17.3. The molecule has 0 radical (unpaired) electrons. The summed E-state index contributed by atoms with van der Waals surface area (Å²) in [4.78, 5) is 18.5. The molecule has 1 aromatic heterocycles. The molecule has 0 bridgehead atoms. The molecule has 0 spiro atoms. The number of nitrogens with zero attached hydrogens (tertiary/aromatic N) is 3. The first-order chi connectivity index (χ1) is 11.3. The molecule has 1 fully saturated rings. The number of imidazole rings is 1. The lowest BCUT2D eigenvalue weighted by Crippen LogP contribution is -2.39. The van der Waals surface area contributed by atoms with Gasteiger partial charge in [0, 0.05) is 23.6 Å². The van der Waals surface area contributed by atoms with E-state index in [0.29, 0.717) is 6.04 Å². The van der Waals surface area contributed by atoms with E-state index in [1.807, 2.05) is 52.3 Å². The van der Waals surface area contributed by atoms with E-state index in [9.17, 15) is 4.79 Å². The normalized spacial score (nSPS) is 21.2. The van der Waals surface area contributed by atoms with Crippen molar-refractivity contribution < 1.29 is 9.53 Å². The number of ether oxygens (including phenoxy) is 1. The zero-order valence-corrected chi connectivity index (χ0v) is 16.2. The van der Waals surface area contributed by atoms with Crippen molar-refractivity contribution in [3.05, 3.63) is 29.0 Å². The third-order valence-corrected chi connectivity index (χ3v) is 5.18. The molecule has 130 valence electrons. The van der Waals surface area contributed by atoms with Gasteiger partial charge in [0.2, 0.25) is 0 Å². The van der Waals surface area contributed by atoms with E-state index in [1.54, 1.807) is 4.90 Å². The molecule has 2 atom stereocenters. The number of aromatic nitrogens is 2. The van der Waals surface area contributed by atoms with Gasteiger partial charge >= 0.3 is 6.09 Å². The van der Waals surface area contributed by atoms with Crippen LogP contribution < -0.4 is 0 Å². The summed E-state index contributed by atoms with van der Waals surface area (Å²) in [5.74, 6) is 0. The van der Waals surface area contributed by atoms with Gasteiger partial charge in [-0.25, -0.2) is 9.78 Å². The summed E-state index contributed by atoms with van der Waals surface area (Å²) in [6.07, 6.45) is 4.60. The maximum Gasteiger partial charge on any atom is 0.410 e. The highest BCUT2D eigenvalue weighted by Gasteiger charge is 2.33. The van der Waals surface area contributed by atoms with Crippen LogP contribution in [0.2, 0.25) is 0 Å². The number of halogens is 1. The molecule has 0 N–H and O–H groups in total. The fourth-order valence-corrected chi connectivity index (χ4v) is 3.91. The highest BCUT2D eigenvalue weighted by molar-refractivity contribution is 9.10. The average molecular weight is 394 g/mol. The summed E-state index contributed by atoms with van der Waals surface area (Å²) < 4.78 is 8.78. The molecule has 6 heteroatoms. The van der Waals surface area contributed by atoms with Gasteiger partial charge in [0.15, 0.2) is 0 Å². The van der Waals surface area contributed by atoms with Crippen molar-refractivity contribution in [1.29, 1.82) is 0 Å². The molecule has 5 nitrogen and oxygen atoms in total. The molecule has 1 amide bonds. The minimum Gasteiger partial charge on any atom is -0.444 e. The van der Waals surface area contributed by atoms with Gasteiger partial charge in [0.25, 0.3) is 0 Å². The Morgan fingerprint density at radius 2 is 2.12 bits per heavy atom. The molecule has 2 aromatic rings. The van der Waals surface area contributed by atoms with E-state index >= 15 is 0 Å². The van der Waals surface area contributed by atoms with Gasteiger partial charge in [-0.05, 0) is 68.1 Å². The summed E-state index contributed by atoms with van der Waals surface area (Å²) in [6, 6.07) is 6.61. The van der Waals surface area contributed by atoms with Gasteiger partial charge in [-0.15, -0.1) is 0 Å². The predicted molar refractivity (Wildman–Crippen MR) is 98.1 cm³/mol. The third kappa shape index (κ3) is 3.43. The smallest absolute Gasteiger partial charge is 0.410 e. The Balaban J connectivity index is 1.74. The minimum absolute atomic E-state index is 0.199. The first-order valence-corrected chi connectivity index (χ1v) is 9.12. The van der Waals surface area contributed by atoms with E-state index < -0.39 is 5.60 Å². The number of rotatable bonds is 2. The van der Waals surface area contributed by atoms with Crippen LogP contribution in [0, 0.1) is 0 Å². The Morgan fingerprint density at radius 1 is 1.38 bits per heavy atom. The van der Waals surface area contributed by atoms with Crippen molar-refractivity contribution in [2.75, 3.05) is 7.05 Å². The largest absolute Gasteiger partial charge is 0.444 e. The Kier molecular flexibility index (Phi) is 4.60. The SMILES string of the molecule is CN(C(=O)OC(C)(C)C)[C@H]1CC[C@H](n2cnc3cccc(Br)c32)C1. The van der Waals surface area contributed by atoms with Crippen LogP contribution in [0.25, 0.3) is 11.0 Å². The summed E-state index contributed by atoms with van der Waals surface area (Å²) in [7, 11) is 1.84. The number of fused-ring (bicyclic) bond motifs is 1. The Hall–Kier alpha value is -1.56. The lowest BCUT2D eigenvalue weighted by Gasteiger charge is -2.28. The molecule has 3 rings (SSSR count). The lowest BCUT2D eigenvalue weighted by atomic mass is 10.2. The number of hydrogen-bond donors (Lipinski definition) is 0. The van der Waals surface area contributed by atoms with Crippen molar-refractivity contribution in [2.24, 2.45) is 0 Å². The summed E-state index contributed by atoms with van der Waals surface area (Å²) in [5, 5.41) is 0. The van der Waals surface area contributed by atoms with Crippen LogP contribution in [-0.2, 0) is 4.74 Å².